The van der Waals surface area contributed by atoms with Crippen molar-refractivity contribution < 1.29 is 9.47 Å². The lowest BCUT2D eigenvalue weighted by Gasteiger charge is -2.21. The zero-order valence-electron chi connectivity index (χ0n) is 6.89. The third-order valence-corrected chi connectivity index (χ3v) is 2.01. The molecule has 11 heavy (non-hydrogen) atoms. The van der Waals surface area contributed by atoms with Crippen molar-refractivity contribution >= 4 is 0 Å². The van der Waals surface area contributed by atoms with Crippen LogP contribution in [0.4, 0.5) is 0 Å². The van der Waals surface area contributed by atoms with Crippen molar-refractivity contribution in [1.82, 2.24) is 0 Å². The van der Waals surface area contributed by atoms with Gasteiger partial charge in [-0.2, -0.15) is 0 Å². The SMILES string of the molecule is CC1(C)C=C2OCOC2=CC1. The summed E-state index contributed by atoms with van der Waals surface area (Å²) >= 11 is 0. The molecule has 60 valence electrons. The van der Waals surface area contributed by atoms with Crippen molar-refractivity contribution in [1.29, 1.82) is 0 Å². The molecule has 0 aromatic heterocycles. The molecule has 1 fully saturated rings. The quantitative estimate of drug-likeness (QED) is 0.529. The Bertz CT molecular complexity index is 236. The molecule has 0 atom stereocenters. The van der Waals surface area contributed by atoms with E-state index >= 15 is 0 Å². The number of ether oxygens (including phenoxy) is 2. The highest BCUT2D eigenvalue weighted by Crippen LogP contribution is 2.35. The van der Waals surface area contributed by atoms with Crippen LogP contribution in [-0.2, 0) is 9.47 Å². The van der Waals surface area contributed by atoms with Crippen molar-refractivity contribution in [2.45, 2.75) is 20.3 Å². The van der Waals surface area contributed by atoms with Crippen molar-refractivity contribution in [2.24, 2.45) is 5.41 Å². The van der Waals surface area contributed by atoms with Crippen LogP contribution in [0.15, 0.2) is 23.7 Å². The van der Waals surface area contributed by atoms with Gasteiger partial charge in [0.05, 0.1) is 0 Å². The number of rotatable bonds is 0. The average Bonchev–Trinajstić information content (AvgIpc) is 2.31. The Morgan fingerprint density at radius 1 is 1.27 bits per heavy atom. The second-order valence-corrected chi connectivity index (χ2v) is 3.68. The van der Waals surface area contributed by atoms with Crippen LogP contribution in [0.5, 0.6) is 0 Å². The number of allylic oxidation sites excluding steroid dienone is 2. The molecule has 2 heteroatoms. The molecule has 0 aromatic carbocycles. The Morgan fingerprint density at radius 2 is 2.00 bits per heavy atom. The van der Waals surface area contributed by atoms with Gasteiger partial charge in [0, 0.05) is 0 Å². The van der Waals surface area contributed by atoms with E-state index in [1.807, 2.05) is 0 Å². The maximum Gasteiger partial charge on any atom is 0.231 e. The van der Waals surface area contributed by atoms with Gasteiger partial charge in [0.15, 0.2) is 11.5 Å². The van der Waals surface area contributed by atoms with E-state index in [1.165, 1.54) is 0 Å². The average molecular weight is 152 g/mol. The fourth-order valence-corrected chi connectivity index (χ4v) is 1.34. The van der Waals surface area contributed by atoms with Crippen molar-refractivity contribution in [3.63, 3.8) is 0 Å². The van der Waals surface area contributed by atoms with E-state index < -0.39 is 0 Å². The Hall–Kier alpha value is -0.920. The molecule has 2 rings (SSSR count). The second kappa shape index (κ2) is 2.03. The van der Waals surface area contributed by atoms with Crippen LogP contribution in [0.3, 0.4) is 0 Å². The van der Waals surface area contributed by atoms with Crippen LogP contribution < -0.4 is 0 Å². The lowest BCUT2D eigenvalue weighted by molar-refractivity contribution is 0.0976. The molecule has 0 bridgehead atoms. The first kappa shape index (κ1) is 6.77. The van der Waals surface area contributed by atoms with Crippen molar-refractivity contribution in [3.05, 3.63) is 23.7 Å². The van der Waals surface area contributed by atoms with Gasteiger partial charge >= 0.3 is 0 Å². The Morgan fingerprint density at radius 3 is 2.82 bits per heavy atom. The van der Waals surface area contributed by atoms with Crippen LogP contribution in [0.25, 0.3) is 0 Å². The molecule has 0 unspecified atom stereocenters. The first-order valence-electron chi connectivity index (χ1n) is 3.86. The smallest absolute Gasteiger partial charge is 0.231 e. The van der Waals surface area contributed by atoms with E-state index in [1.54, 1.807) is 0 Å². The fraction of sp³-hybridized carbons (Fsp3) is 0.556. The minimum Gasteiger partial charge on any atom is -0.454 e. The van der Waals surface area contributed by atoms with Crippen LogP contribution in [0.2, 0.25) is 0 Å². The summed E-state index contributed by atoms with van der Waals surface area (Å²) in [6.07, 6.45) is 5.27. The molecular formula is C9H12O2. The molecule has 0 spiro atoms. The molecule has 0 radical (unpaired) electrons. The van der Waals surface area contributed by atoms with Gasteiger partial charge in [0.25, 0.3) is 0 Å². The monoisotopic (exact) mass is 152 g/mol. The number of hydrogen-bond donors (Lipinski definition) is 0. The molecule has 2 aliphatic rings. The van der Waals surface area contributed by atoms with Gasteiger partial charge < -0.3 is 9.47 Å². The highest BCUT2D eigenvalue weighted by atomic mass is 16.7. The third-order valence-electron chi connectivity index (χ3n) is 2.01. The first-order chi connectivity index (χ1) is 5.17. The predicted octanol–water partition coefficient (Wildman–Crippen LogP) is 2.19. The standard InChI is InChI=1S/C9H12O2/c1-9(2)4-3-7-8(5-9)11-6-10-7/h3,5H,4,6H2,1-2H3. The Kier molecular flexibility index (Phi) is 1.25. The lowest BCUT2D eigenvalue weighted by atomic mass is 9.85. The fourth-order valence-electron chi connectivity index (χ4n) is 1.34. The minimum absolute atomic E-state index is 0.229. The highest BCUT2D eigenvalue weighted by molar-refractivity contribution is 5.28. The van der Waals surface area contributed by atoms with E-state index in [-0.39, 0.29) is 5.41 Å². The van der Waals surface area contributed by atoms with Crippen LogP contribution >= 0.6 is 0 Å². The molecule has 1 aliphatic heterocycles. The van der Waals surface area contributed by atoms with Gasteiger partial charge in [-0.1, -0.05) is 13.8 Å². The van der Waals surface area contributed by atoms with Crippen LogP contribution in [0.1, 0.15) is 20.3 Å². The largest absolute Gasteiger partial charge is 0.454 e. The number of hydrogen-bond acceptors (Lipinski definition) is 2. The predicted molar refractivity (Wildman–Crippen MR) is 41.6 cm³/mol. The maximum absolute atomic E-state index is 5.26. The van der Waals surface area contributed by atoms with Gasteiger partial charge in [-0.3, -0.25) is 0 Å². The van der Waals surface area contributed by atoms with E-state index in [4.69, 9.17) is 9.47 Å². The van der Waals surface area contributed by atoms with Crippen LogP contribution in [0, 0.1) is 5.41 Å². The summed E-state index contributed by atoms with van der Waals surface area (Å²) in [6, 6.07) is 0. The normalized spacial score (nSPS) is 26.0. The molecule has 0 aromatic rings. The molecule has 1 aliphatic carbocycles. The zero-order valence-corrected chi connectivity index (χ0v) is 6.89. The highest BCUT2D eigenvalue weighted by Gasteiger charge is 2.26. The lowest BCUT2D eigenvalue weighted by Crippen LogP contribution is -2.11. The topological polar surface area (TPSA) is 18.5 Å². The summed E-state index contributed by atoms with van der Waals surface area (Å²) in [5.41, 5.74) is 0.229. The molecule has 1 saturated heterocycles. The van der Waals surface area contributed by atoms with Gasteiger partial charge in [-0.25, -0.2) is 0 Å². The van der Waals surface area contributed by atoms with E-state index in [0.29, 0.717) is 6.79 Å². The van der Waals surface area contributed by atoms with Crippen molar-refractivity contribution in [2.75, 3.05) is 6.79 Å². The van der Waals surface area contributed by atoms with Gasteiger partial charge in [0.1, 0.15) is 0 Å². The summed E-state index contributed by atoms with van der Waals surface area (Å²) in [4.78, 5) is 0. The number of fused-ring (bicyclic) bond motifs is 1. The summed E-state index contributed by atoms with van der Waals surface area (Å²) in [5, 5.41) is 0. The third kappa shape index (κ3) is 1.13. The van der Waals surface area contributed by atoms with Crippen LogP contribution in [-0.4, -0.2) is 6.79 Å². The summed E-state index contributed by atoms with van der Waals surface area (Å²) in [7, 11) is 0. The summed E-state index contributed by atoms with van der Waals surface area (Å²) in [6.45, 7) is 4.76. The van der Waals surface area contributed by atoms with E-state index in [9.17, 15) is 0 Å². The Balaban J connectivity index is 2.31. The molecule has 1 heterocycles. The van der Waals surface area contributed by atoms with Gasteiger partial charge in [-0.05, 0) is 24.0 Å². The van der Waals surface area contributed by atoms with Gasteiger partial charge in [0.2, 0.25) is 6.79 Å². The molecule has 0 N–H and O–H groups in total. The molecular weight excluding hydrogens is 140 g/mol. The van der Waals surface area contributed by atoms with E-state index in [0.717, 1.165) is 17.9 Å². The summed E-state index contributed by atoms with van der Waals surface area (Å²) in [5.74, 6) is 1.84. The first-order valence-corrected chi connectivity index (χ1v) is 3.86. The molecule has 0 saturated carbocycles. The minimum atomic E-state index is 0.229. The molecule has 0 amide bonds. The maximum atomic E-state index is 5.26. The Labute approximate surface area is 66.5 Å². The van der Waals surface area contributed by atoms with E-state index in [2.05, 4.69) is 26.0 Å². The zero-order chi connectivity index (χ0) is 7.90. The second-order valence-electron chi connectivity index (χ2n) is 3.68. The van der Waals surface area contributed by atoms with Gasteiger partial charge in [-0.15, -0.1) is 0 Å². The molecule has 2 nitrogen and oxygen atoms in total. The summed E-state index contributed by atoms with van der Waals surface area (Å²) < 4.78 is 10.5. The van der Waals surface area contributed by atoms with Crippen molar-refractivity contribution in [3.8, 4) is 0 Å².